The number of aryl methyl sites for hydroxylation is 1. The zero-order valence-corrected chi connectivity index (χ0v) is 17.9. The van der Waals surface area contributed by atoms with Crippen LogP contribution in [0.3, 0.4) is 0 Å². The number of benzene rings is 1. The second-order valence-corrected chi connectivity index (χ2v) is 7.74. The van der Waals surface area contributed by atoms with Gasteiger partial charge in [0, 0.05) is 24.2 Å². The lowest BCUT2D eigenvalue weighted by molar-refractivity contribution is 0.0952. The Labute approximate surface area is 175 Å². The summed E-state index contributed by atoms with van der Waals surface area (Å²) in [5.41, 5.74) is 5.36. The van der Waals surface area contributed by atoms with Gasteiger partial charge in [-0.3, -0.25) is 4.79 Å². The monoisotopic (exact) mass is 393 g/mol. The van der Waals surface area contributed by atoms with E-state index >= 15 is 0 Å². The molecule has 0 saturated carbocycles. The number of anilines is 1. The van der Waals surface area contributed by atoms with Gasteiger partial charge >= 0.3 is 0 Å². The molecule has 1 amide bonds. The van der Waals surface area contributed by atoms with Crippen LogP contribution in [-0.2, 0) is 6.42 Å². The average molecular weight is 394 g/mol. The molecule has 0 aromatic heterocycles. The summed E-state index contributed by atoms with van der Waals surface area (Å²) in [6, 6.07) is 5.85. The van der Waals surface area contributed by atoms with Gasteiger partial charge in [0.15, 0.2) is 0 Å². The van der Waals surface area contributed by atoms with E-state index in [4.69, 9.17) is 5.41 Å². The van der Waals surface area contributed by atoms with E-state index in [-0.39, 0.29) is 5.91 Å². The molecule has 0 aliphatic heterocycles. The van der Waals surface area contributed by atoms with Crippen molar-refractivity contribution >= 4 is 17.3 Å². The zero-order valence-electron chi connectivity index (χ0n) is 17.9. The Hall–Kier alpha value is -2.62. The minimum atomic E-state index is 0.000890. The Morgan fingerprint density at radius 3 is 2.72 bits per heavy atom. The summed E-state index contributed by atoms with van der Waals surface area (Å²) in [4.78, 5) is 12.6. The molecule has 156 valence electrons. The van der Waals surface area contributed by atoms with Crippen LogP contribution in [0.25, 0.3) is 0 Å². The molecule has 1 aliphatic rings. The van der Waals surface area contributed by atoms with E-state index in [1.165, 1.54) is 18.4 Å². The van der Waals surface area contributed by atoms with Gasteiger partial charge in [0.1, 0.15) is 0 Å². The van der Waals surface area contributed by atoms with Gasteiger partial charge in [-0.05, 0) is 62.8 Å². The van der Waals surface area contributed by atoms with Gasteiger partial charge in [-0.1, -0.05) is 43.6 Å². The predicted octanol–water partition coefficient (Wildman–Crippen LogP) is 6.17. The first-order valence-electron chi connectivity index (χ1n) is 10.8. The lowest BCUT2D eigenvalue weighted by Gasteiger charge is -2.14. The molecule has 0 spiro atoms. The fraction of sp³-hybridized carbons (Fsp3) is 0.440. The molecule has 1 aromatic carbocycles. The van der Waals surface area contributed by atoms with E-state index in [1.807, 2.05) is 30.4 Å². The number of carbonyl (C=O) groups excluding carboxylic acids is 1. The average Bonchev–Trinajstić information content (AvgIpc) is 2.91. The molecule has 4 nitrogen and oxygen atoms in total. The highest BCUT2D eigenvalue weighted by molar-refractivity contribution is 6.01. The van der Waals surface area contributed by atoms with Gasteiger partial charge in [-0.2, -0.15) is 0 Å². The van der Waals surface area contributed by atoms with Crippen LogP contribution in [0.1, 0.15) is 74.7 Å². The van der Waals surface area contributed by atoms with Crippen LogP contribution in [0.2, 0.25) is 0 Å². The maximum atomic E-state index is 12.6. The molecule has 1 aromatic rings. The Balaban J connectivity index is 1.87. The predicted molar refractivity (Wildman–Crippen MR) is 124 cm³/mol. The van der Waals surface area contributed by atoms with Crippen LogP contribution in [0.15, 0.2) is 54.3 Å². The summed E-state index contributed by atoms with van der Waals surface area (Å²) in [6.45, 7) is 8.78. The standard InChI is InChI=1S/C25H35N3O/c1-4-20-18-21(28-24-14-10-7-9-13-23(24)26)15-16-22(20)25(29)27-17-11-6-5-8-12-19(2)3/h7,9,14-16,18,26,28H,2,4-6,8,10-13,17H2,1,3H3,(H,27,29). The van der Waals surface area contributed by atoms with E-state index in [2.05, 4.69) is 37.1 Å². The molecule has 4 heteroatoms. The smallest absolute Gasteiger partial charge is 0.251 e. The lowest BCUT2D eigenvalue weighted by Crippen LogP contribution is -2.25. The van der Waals surface area contributed by atoms with Gasteiger partial charge in [-0.25, -0.2) is 0 Å². The van der Waals surface area contributed by atoms with E-state index < -0.39 is 0 Å². The number of unbranched alkanes of at least 4 members (excludes halogenated alkanes) is 3. The van der Waals surface area contributed by atoms with Crippen molar-refractivity contribution in [2.45, 2.75) is 65.2 Å². The molecule has 3 N–H and O–H groups in total. The Kier molecular flexibility index (Phi) is 9.42. The third-order valence-corrected chi connectivity index (χ3v) is 5.10. The van der Waals surface area contributed by atoms with Gasteiger partial charge < -0.3 is 16.0 Å². The number of rotatable bonds is 11. The summed E-state index contributed by atoms with van der Waals surface area (Å²) in [5.74, 6) is 0.000890. The van der Waals surface area contributed by atoms with E-state index in [9.17, 15) is 4.79 Å². The van der Waals surface area contributed by atoms with Gasteiger partial charge in [0.25, 0.3) is 5.91 Å². The maximum absolute atomic E-state index is 12.6. The van der Waals surface area contributed by atoms with Crippen molar-refractivity contribution < 1.29 is 4.79 Å². The summed E-state index contributed by atoms with van der Waals surface area (Å²) >= 11 is 0. The molecule has 0 heterocycles. The first-order valence-corrected chi connectivity index (χ1v) is 10.8. The van der Waals surface area contributed by atoms with Gasteiger partial charge in [0.2, 0.25) is 0 Å². The Morgan fingerprint density at radius 1 is 1.17 bits per heavy atom. The number of hydrogen-bond acceptors (Lipinski definition) is 3. The third kappa shape index (κ3) is 7.72. The van der Waals surface area contributed by atoms with E-state index in [1.54, 1.807) is 0 Å². The van der Waals surface area contributed by atoms with Crippen molar-refractivity contribution in [2.24, 2.45) is 0 Å². The molecule has 29 heavy (non-hydrogen) atoms. The molecule has 0 saturated heterocycles. The van der Waals surface area contributed by atoms with Crippen LogP contribution < -0.4 is 10.6 Å². The number of hydrogen-bond donors (Lipinski definition) is 3. The molecule has 1 aliphatic carbocycles. The first-order chi connectivity index (χ1) is 14.0. The quantitative estimate of drug-likeness (QED) is 0.311. The second kappa shape index (κ2) is 12.1. The number of amides is 1. The molecule has 0 atom stereocenters. The summed E-state index contributed by atoms with van der Waals surface area (Å²) in [5, 5.41) is 14.6. The van der Waals surface area contributed by atoms with Crippen molar-refractivity contribution in [1.82, 2.24) is 5.32 Å². The van der Waals surface area contributed by atoms with Crippen LogP contribution >= 0.6 is 0 Å². The molecule has 2 rings (SSSR count). The van der Waals surface area contributed by atoms with Crippen LogP contribution in [0.4, 0.5) is 5.69 Å². The highest BCUT2D eigenvalue weighted by Gasteiger charge is 2.12. The molecule has 0 unspecified atom stereocenters. The Morgan fingerprint density at radius 2 is 1.97 bits per heavy atom. The zero-order chi connectivity index (χ0) is 21.1. The number of allylic oxidation sites excluding steroid dienone is 5. The fourth-order valence-electron chi connectivity index (χ4n) is 3.39. The highest BCUT2D eigenvalue weighted by atomic mass is 16.1. The van der Waals surface area contributed by atoms with E-state index in [0.717, 1.165) is 54.6 Å². The SMILES string of the molecule is C=C(C)CCCCCCNC(=O)c1ccc(NC2=CCC=CCC2=N)cc1CC. The number of carbonyl (C=O) groups is 1. The van der Waals surface area contributed by atoms with Gasteiger partial charge in [-0.15, -0.1) is 6.58 Å². The lowest BCUT2D eigenvalue weighted by atomic mass is 10.0. The highest BCUT2D eigenvalue weighted by Crippen LogP contribution is 2.20. The summed E-state index contributed by atoms with van der Waals surface area (Å²) in [6.07, 6.45) is 14.0. The largest absolute Gasteiger partial charge is 0.354 e. The minimum absolute atomic E-state index is 0.000890. The fourth-order valence-corrected chi connectivity index (χ4v) is 3.39. The van der Waals surface area contributed by atoms with Crippen molar-refractivity contribution in [1.29, 1.82) is 5.41 Å². The van der Waals surface area contributed by atoms with E-state index in [0.29, 0.717) is 18.7 Å². The third-order valence-electron chi connectivity index (χ3n) is 5.10. The normalized spacial score (nSPS) is 13.6. The maximum Gasteiger partial charge on any atom is 0.251 e. The topological polar surface area (TPSA) is 65.0 Å². The molecule has 0 radical (unpaired) electrons. The van der Waals surface area contributed by atoms with Crippen molar-refractivity contribution in [2.75, 3.05) is 11.9 Å². The summed E-state index contributed by atoms with van der Waals surface area (Å²) in [7, 11) is 0. The second-order valence-electron chi connectivity index (χ2n) is 7.74. The molecular weight excluding hydrogens is 358 g/mol. The van der Waals surface area contributed by atoms with Crippen LogP contribution in [0, 0.1) is 5.41 Å². The summed E-state index contributed by atoms with van der Waals surface area (Å²) < 4.78 is 0. The van der Waals surface area contributed by atoms with Crippen LogP contribution in [0.5, 0.6) is 0 Å². The minimum Gasteiger partial charge on any atom is -0.354 e. The van der Waals surface area contributed by atoms with Crippen molar-refractivity contribution in [3.63, 3.8) is 0 Å². The van der Waals surface area contributed by atoms with Crippen molar-refractivity contribution in [3.8, 4) is 0 Å². The molecule has 0 bridgehead atoms. The van der Waals surface area contributed by atoms with Crippen LogP contribution in [-0.4, -0.2) is 18.2 Å². The molecule has 0 fully saturated rings. The molecular formula is C25H35N3O. The number of nitrogens with one attached hydrogen (secondary N) is 3. The van der Waals surface area contributed by atoms with Crippen molar-refractivity contribution in [3.05, 3.63) is 65.4 Å². The Bertz CT molecular complexity index is 789. The first kappa shape index (κ1) is 22.7. The van der Waals surface area contributed by atoms with Gasteiger partial charge in [0.05, 0.1) is 11.4 Å².